The van der Waals surface area contributed by atoms with Crippen LogP contribution >= 0.6 is 11.6 Å². The number of aliphatic hydroxyl groups is 1. The Labute approximate surface area is 117 Å². The molecule has 1 aliphatic carbocycles. The van der Waals surface area contributed by atoms with Crippen LogP contribution in [0.2, 0.25) is 5.02 Å². The van der Waals surface area contributed by atoms with Crippen molar-refractivity contribution in [3.63, 3.8) is 0 Å². The molecule has 1 N–H and O–H groups in total. The van der Waals surface area contributed by atoms with Crippen molar-refractivity contribution >= 4 is 11.6 Å². The van der Waals surface area contributed by atoms with Crippen molar-refractivity contribution in [1.82, 2.24) is 0 Å². The van der Waals surface area contributed by atoms with E-state index in [0.29, 0.717) is 18.8 Å². The number of hydrogen-bond donors (Lipinski definition) is 1. The van der Waals surface area contributed by atoms with Gasteiger partial charge in [0.1, 0.15) is 11.9 Å². The van der Waals surface area contributed by atoms with Crippen LogP contribution in [0.15, 0.2) is 18.2 Å². The molecule has 3 unspecified atom stereocenters. The van der Waals surface area contributed by atoms with Gasteiger partial charge in [0, 0.05) is 10.6 Å². The van der Waals surface area contributed by atoms with Gasteiger partial charge in [-0.25, -0.2) is 4.39 Å². The summed E-state index contributed by atoms with van der Waals surface area (Å²) in [5, 5.41) is 20.2. The van der Waals surface area contributed by atoms with Gasteiger partial charge in [-0.05, 0) is 37.3 Å². The Balaban J connectivity index is 2.32. The highest BCUT2D eigenvalue weighted by Gasteiger charge is 2.45. The summed E-state index contributed by atoms with van der Waals surface area (Å²) in [5.74, 6) is -0.112. The van der Waals surface area contributed by atoms with E-state index < -0.39 is 17.3 Å². The number of rotatable bonds is 3. The van der Waals surface area contributed by atoms with E-state index in [4.69, 9.17) is 11.6 Å². The summed E-state index contributed by atoms with van der Waals surface area (Å²) in [7, 11) is 0. The van der Waals surface area contributed by atoms with Crippen LogP contribution in [-0.2, 0) is 0 Å². The van der Waals surface area contributed by atoms with Crippen LogP contribution in [0, 0.1) is 28.5 Å². The zero-order chi connectivity index (χ0) is 14.0. The second kappa shape index (κ2) is 5.48. The minimum absolute atomic E-state index is 0.169. The molecule has 1 aromatic rings. The van der Waals surface area contributed by atoms with E-state index in [1.165, 1.54) is 12.1 Å². The molecule has 19 heavy (non-hydrogen) atoms. The number of halogens is 2. The summed E-state index contributed by atoms with van der Waals surface area (Å²) < 4.78 is 13.9. The van der Waals surface area contributed by atoms with E-state index in [0.717, 1.165) is 12.8 Å². The quantitative estimate of drug-likeness (QED) is 0.901. The highest BCUT2D eigenvalue weighted by molar-refractivity contribution is 6.30. The Morgan fingerprint density at radius 1 is 1.63 bits per heavy atom. The predicted octanol–water partition coefficient (Wildman–Crippen LogP) is 4.23. The van der Waals surface area contributed by atoms with Crippen LogP contribution in [0.3, 0.4) is 0 Å². The zero-order valence-corrected chi connectivity index (χ0v) is 11.6. The average Bonchev–Trinajstić information content (AvgIpc) is 2.83. The lowest BCUT2D eigenvalue weighted by Gasteiger charge is -2.28. The third-order valence-corrected chi connectivity index (χ3v) is 4.47. The van der Waals surface area contributed by atoms with E-state index in [2.05, 4.69) is 13.0 Å². The SMILES string of the molecule is CCC1CCC(C#N)(C(O)c2ccc(Cl)cc2F)C1. The standard InChI is InChI=1S/C15H17ClFNO/c1-2-10-5-6-15(8-10,9-18)14(19)12-4-3-11(16)7-13(12)17/h3-4,7,10,14,19H,2,5-6,8H2,1H3. The molecule has 1 aromatic carbocycles. The Hall–Kier alpha value is -1.11. The minimum Gasteiger partial charge on any atom is -0.387 e. The number of nitrogens with zero attached hydrogens (tertiary/aromatic N) is 1. The third-order valence-electron chi connectivity index (χ3n) is 4.23. The van der Waals surface area contributed by atoms with Gasteiger partial charge in [-0.1, -0.05) is 31.0 Å². The summed E-state index contributed by atoms with van der Waals surface area (Å²) in [6.07, 6.45) is 2.05. The van der Waals surface area contributed by atoms with Gasteiger partial charge in [0.2, 0.25) is 0 Å². The van der Waals surface area contributed by atoms with Crippen molar-refractivity contribution in [2.45, 2.75) is 38.7 Å². The zero-order valence-electron chi connectivity index (χ0n) is 10.9. The maximum atomic E-state index is 13.9. The summed E-state index contributed by atoms with van der Waals surface area (Å²) >= 11 is 5.71. The van der Waals surface area contributed by atoms with E-state index in [1.807, 2.05) is 0 Å². The van der Waals surface area contributed by atoms with Crippen molar-refractivity contribution in [2.24, 2.45) is 11.3 Å². The van der Waals surface area contributed by atoms with Gasteiger partial charge >= 0.3 is 0 Å². The first-order valence-corrected chi connectivity index (χ1v) is 6.94. The molecule has 3 atom stereocenters. The molecular weight excluding hydrogens is 265 g/mol. The molecule has 4 heteroatoms. The Bertz CT molecular complexity index is 513. The molecule has 0 amide bonds. The van der Waals surface area contributed by atoms with Gasteiger partial charge in [0.05, 0.1) is 11.5 Å². The van der Waals surface area contributed by atoms with Crippen LogP contribution in [0.1, 0.15) is 44.3 Å². The molecule has 0 heterocycles. The van der Waals surface area contributed by atoms with Crippen molar-refractivity contribution in [1.29, 1.82) is 5.26 Å². The van der Waals surface area contributed by atoms with Crippen molar-refractivity contribution in [3.05, 3.63) is 34.6 Å². The van der Waals surface area contributed by atoms with Crippen molar-refractivity contribution < 1.29 is 9.50 Å². The van der Waals surface area contributed by atoms with Crippen LogP contribution in [0.4, 0.5) is 4.39 Å². The molecule has 1 saturated carbocycles. The lowest BCUT2D eigenvalue weighted by Crippen LogP contribution is -2.25. The van der Waals surface area contributed by atoms with Crippen LogP contribution in [-0.4, -0.2) is 5.11 Å². The number of hydrogen-bond acceptors (Lipinski definition) is 2. The molecule has 102 valence electrons. The van der Waals surface area contributed by atoms with Gasteiger partial charge in [0.15, 0.2) is 0 Å². The smallest absolute Gasteiger partial charge is 0.130 e. The van der Waals surface area contributed by atoms with E-state index in [9.17, 15) is 14.8 Å². The largest absolute Gasteiger partial charge is 0.387 e. The van der Waals surface area contributed by atoms with Crippen LogP contribution < -0.4 is 0 Å². The molecule has 0 saturated heterocycles. The van der Waals surface area contributed by atoms with Crippen molar-refractivity contribution in [3.8, 4) is 6.07 Å². The Kier molecular flexibility index (Phi) is 4.13. The summed E-state index contributed by atoms with van der Waals surface area (Å²) in [4.78, 5) is 0. The van der Waals surface area contributed by atoms with Gasteiger partial charge in [-0.2, -0.15) is 5.26 Å². The van der Waals surface area contributed by atoms with Gasteiger partial charge in [-0.3, -0.25) is 0 Å². The maximum Gasteiger partial charge on any atom is 0.130 e. The Morgan fingerprint density at radius 2 is 2.37 bits per heavy atom. The fourth-order valence-corrected chi connectivity index (χ4v) is 3.12. The number of nitriles is 1. The average molecular weight is 282 g/mol. The summed E-state index contributed by atoms with van der Waals surface area (Å²) in [6.45, 7) is 2.08. The predicted molar refractivity (Wildman–Crippen MR) is 72.0 cm³/mol. The van der Waals surface area contributed by atoms with E-state index in [-0.39, 0.29) is 10.6 Å². The second-order valence-electron chi connectivity index (χ2n) is 5.35. The molecule has 2 nitrogen and oxygen atoms in total. The Morgan fingerprint density at radius 3 is 2.89 bits per heavy atom. The summed E-state index contributed by atoms with van der Waals surface area (Å²) in [5.41, 5.74) is -0.697. The maximum absolute atomic E-state index is 13.9. The van der Waals surface area contributed by atoms with Crippen LogP contribution in [0.25, 0.3) is 0 Å². The molecule has 0 aromatic heterocycles. The van der Waals surface area contributed by atoms with Gasteiger partial charge in [-0.15, -0.1) is 0 Å². The van der Waals surface area contributed by atoms with Gasteiger partial charge < -0.3 is 5.11 Å². The number of benzene rings is 1. The van der Waals surface area contributed by atoms with E-state index >= 15 is 0 Å². The molecule has 2 rings (SSSR count). The summed E-state index contributed by atoms with van der Waals surface area (Å²) in [6, 6.07) is 6.43. The molecule has 1 aliphatic rings. The van der Waals surface area contributed by atoms with Crippen molar-refractivity contribution in [2.75, 3.05) is 0 Å². The van der Waals surface area contributed by atoms with Gasteiger partial charge in [0.25, 0.3) is 0 Å². The fourth-order valence-electron chi connectivity index (χ4n) is 2.96. The monoisotopic (exact) mass is 281 g/mol. The first kappa shape index (κ1) is 14.3. The second-order valence-corrected chi connectivity index (χ2v) is 5.79. The highest BCUT2D eigenvalue weighted by Crippen LogP contribution is 2.50. The molecule has 0 aliphatic heterocycles. The molecule has 1 fully saturated rings. The molecule has 0 spiro atoms. The number of aliphatic hydroxyl groups excluding tert-OH is 1. The lowest BCUT2D eigenvalue weighted by atomic mass is 9.77. The van der Waals surface area contributed by atoms with E-state index in [1.54, 1.807) is 6.07 Å². The highest BCUT2D eigenvalue weighted by atomic mass is 35.5. The first-order chi connectivity index (χ1) is 9.02. The van der Waals surface area contributed by atoms with Crippen LogP contribution in [0.5, 0.6) is 0 Å². The fraction of sp³-hybridized carbons (Fsp3) is 0.533. The first-order valence-electron chi connectivity index (χ1n) is 6.56. The molecular formula is C15H17ClFNO. The minimum atomic E-state index is -1.09. The molecule has 0 radical (unpaired) electrons. The molecule has 0 bridgehead atoms. The normalized spacial score (nSPS) is 28.1. The third kappa shape index (κ3) is 2.61. The lowest BCUT2D eigenvalue weighted by molar-refractivity contribution is 0.0609. The topological polar surface area (TPSA) is 44.0 Å².